The lowest BCUT2D eigenvalue weighted by atomic mass is 10.2. The maximum atomic E-state index is 12.1. The van der Waals surface area contributed by atoms with Crippen LogP contribution in [0.2, 0.25) is 0 Å². The van der Waals surface area contributed by atoms with E-state index in [-0.39, 0.29) is 12.4 Å². The standard InChI is InChI=1S/C18H18F2N2O4/c1-2-24-16-6-4-3-5-15(16)22-17(23)12-25-21-11-13-7-9-14(10-8-13)26-18(19)20/h3-11,18H,2,12H2,1H3,(H,22,23)/b21-11-. The van der Waals surface area contributed by atoms with Crippen molar-refractivity contribution in [3.63, 3.8) is 0 Å². The van der Waals surface area contributed by atoms with Crippen LogP contribution in [0.5, 0.6) is 11.5 Å². The highest BCUT2D eigenvalue weighted by molar-refractivity contribution is 5.93. The van der Waals surface area contributed by atoms with E-state index >= 15 is 0 Å². The fourth-order valence-electron chi connectivity index (χ4n) is 1.97. The third kappa shape index (κ3) is 6.39. The quantitative estimate of drug-likeness (QED) is 0.544. The molecule has 0 bridgehead atoms. The summed E-state index contributed by atoms with van der Waals surface area (Å²) in [5.74, 6) is 0.221. The van der Waals surface area contributed by atoms with Crippen molar-refractivity contribution >= 4 is 17.8 Å². The lowest BCUT2D eigenvalue weighted by Gasteiger charge is -2.10. The Bertz CT molecular complexity index is 736. The number of benzene rings is 2. The molecule has 0 aliphatic rings. The summed E-state index contributed by atoms with van der Waals surface area (Å²) in [5, 5.41) is 6.34. The summed E-state index contributed by atoms with van der Waals surface area (Å²) < 4.78 is 33.8. The molecule has 1 amide bonds. The second kappa shape index (κ2) is 9.97. The Labute approximate surface area is 149 Å². The fraction of sp³-hybridized carbons (Fsp3) is 0.222. The van der Waals surface area contributed by atoms with Gasteiger partial charge in [0.1, 0.15) is 11.5 Å². The molecule has 0 fully saturated rings. The lowest BCUT2D eigenvalue weighted by Crippen LogP contribution is -2.17. The number of halogens is 2. The Morgan fingerprint density at radius 3 is 2.62 bits per heavy atom. The van der Waals surface area contributed by atoms with Crippen LogP contribution in [0.1, 0.15) is 12.5 Å². The largest absolute Gasteiger partial charge is 0.492 e. The number of nitrogens with zero attached hydrogens (tertiary/aromatic N) is 1. The zero-order chi connectivity index (χ0) is 18.8. The molecule has 0 atom stereocenters. The van der Waals surface area contributed by atoms with E-state index in [0.29, 0.717) is 23.6 Å². The SMILES string of the molecule is CCOc1ccccc1NC(=O)CO/N=C\c1ccc(OC(F)F)cc1. The predicted octanol–water partition coefficient (Wildman–Crippen LogP) is 3.68. The van der Waals surface area contributed by atoms with Crippen LogP contribution in [0.3, 0.4) is 0 Å². The van der Waals surface area contributed by atoms with E-state index in [1.54, 1.807) is 24.3 Å². The van der Waals surface area contributed by atoms with Crippen molar-refractivity contribution in [2.24, 2.45) is 5.16 Å². The summed E-state index contributed by atoms with van der Waals surface area (Å²) in [5.41, 5.74) is 1.15. The third-order valence-corrected chi connectivity index (χ3v) is 3.04. The highest BCUT2D eigenvalue weighted by Gasteiger charge is 2.07. The topological polar surface area (TPSA) is 69.2 Å². The highest BCUT2D eigenvalue weighted by atomic mass is 19.3. The van der Waals surface area contributed by atoms with Gasteiger partial charge < -0.3 is 19.6 Å². The van der Waals surface area contributed by atoms with E-state index < -0.39 is 12.5 Å². The zero-order valence-corrected chi connectivity index (χ0v) is 14.0. The van der Waals surface area contributed by atoms with Gasteiger partial charge in [-0.15, -0.1) is 0 Å². The number of hydrogen-bond donors (Lipinski definition) is 1. The highest BCUT2D eigenvalue weighted by Crippen LogP contribution is 2.23. The molecule has 1 N–H and O–H groups in total. The molecule has 2 aromatic rings. The van der Waals surface area contributed by atoms with Crippen molar-refractivity contribution in [2.45, 2.75) is 13.5 Å². The number of oxime groups is 1. The average Bonchev–Trinajstić information content (AvgIpc) is 2.61. The minimum atomic E-state index is -2.87. The van der Waals surface area contributed by atoms with Crippen molar-refractivity contribution in [1.29, 1.82) is 0 Å². The number of carbonyl (C=O) groups is 1. The maximum absolute atomic E-state index is 12.1. The normalized spacial score (nSPS) is 10.8. The van der Waals surface area contributed by atoms with E-state index in [4.69, 9.17) is 9.57 Å². The minimum absolute atomic E-state index is 0.0467. The molecule has 0 aliphatic carbocycles. The van der Waals surface area contributed by atoms with Gasteiger partial charge in [-0.25, -0.2) is 0 Å². The van der Waals surface area contributed by atoms with E-state index in [2.05, 4.69) is 15.2 Å². The number of carbonyl (C=O) groups excluding carboxylic acids is 1. The van der Waals surface area contributed by atoms with Crippen LogP contribution < -0.4 is 14.8 Å². The number of para-hydroxylation sites is 2. The first-order chi connectivity index (χ1) is 12.6. The summed E-state index contributed by atoms with van der Waals surface area (Å²) in [4.78, 5) is 16.8. The van der Waals surface area contributed by atoms with Gasteiger partial charge in [0, 0.05) is 0 Å². The van der Waals surface area contributed by atoms with Crippen LogP contribution >= 0.6 is 0 Å². The first-order valence-corrected chi connectivity index (χ1v) is 7.80. The van der Waals surface area contributed by atoms with Gasteiger partial charge in [-0.3, -0.25) is 4.79 Å². The van der Waals surface area contributed by atoms with Gasteiger partial charge in [0.25, 0.3) is 5.91 Å². The monoisotopic (exact) mass is 364 g/mol. The second-order valence-electron chi connectivity index (χ2n) is 4.93. The number of alkyl halides is 2. The van der Waals surface area contributed by atoms with Gasteiger partial charge >= 0.3 is 6.61 Å². The maximum Gasteiger partial charge on any atom is 0.387 e. The summed E-state index contributed by atoms with van der Waals surface area (Å²) >= 11 is 0. The number of ether oxygens (including phenoxy) is 2. The Morgan fingerprint density at radius 2 is 1.92 bits per heavy atom. The molecule has 6 nitrogen and oxygen atoms in total. The zero-order valence-electron chi connectivity index (χ0n) is 14.0. The minimum Gasteiger partial charge on any atom is -0.492 e. The van der Waals surface area contributed by atoms with Crippen LogP contribution in [0, 0.1) is 0 Å². The molecular formula is C18H18F2N2O4. The van der Waals surface area contributed by atoms with Crippen LogP contribution in [-0.4, -0.2) is 31.9 Å². The number of rotatable bonds is 9. The number of nitrogens with one attached hydrogen (secondary N) is 1. The molecule has 26 heavy (non-hydrogen) atoms. The van der Waals surface area contributed by atoms with E-state index in [9.17, 15) is 13.6 Å². The summed E-state index contributed by atoms with van der Waals surface area (Å²) in [6.45, 7) is -0.828. The molecule has 0 saturated carbocycles. The molecule has 0 aliphatic heterocycles. The van der Waals surface area contributed by atoms with E-state index in [1.807, 2.05) is 6.92 Å². The predicted molar refractivity (Wildman–Crippen MR) is 92.9 cm³/mol. The van der Waals surface area contributed by atoms with Crippen LogP contribution in [0.15, 0.2) is 53.7 Å². The molecule has 0 heterocycles. The smallest absolute Gasteiger partial charge is 0.387 e. The first-order valence-electron chi connectivity index (χ1n) is 7.80. The van der Waals surface area contributed by atoms with Gasteiger partial charge in [0.15, 0.2) is 6.61 Å². The van der Waals surface area contributed by atoms with Gasteiger partial charge in [0.05, 0.1) is 18.5 Å². The summed E-state index contributed by atoms with van der Waals surface area (Å²) in [7, 11) is 0. The molecule has 2 aromatic carbocycles. The summed E-state index contributed by atoms with van der Waals surface area (Å²) in [6, 6.07) is 12.9. The molecule has 138 valence electrons. The van der Waals surface area contributed by atoms with Crippen LogP contribution in [-0.2, 0) is 9.63 Å². The van der Waals surface area contributed by atoms with Crippen molar-refractivity contribution in [3.05, 3.63) is 54.1 Å². The van der Waals surface area contributed by atoms with Crippen LogP contribution in [0.4, 0.5) is 14.5 Å². The molecule has 0 unspecified atom stereocenters. The van der Waals surface area contributed by atoms with Crippen molar-refractivity contribution < 1.29 is 27.9 Å². The second-order valence-corrected chi connectivity index (χ2v) is 4.93. The first kappa shape index (κ1) is 19.2. The molecule has 0 aromatic heterocycles. The number of amides is 1. The van der Waals surface area contributed by atoms with Gasteiger partial charge in [-0.1, -0.05) is 17.3 Å². The number of hydrogen-bond acceptors (Lipinski definition) is 5. The Balaban J connectivity index is 1.80. The number of anilines is 1. The van der Waals surface area contributed by atoms with Crippen molar-refractivity contribution in [1.82, 2.24) is 0 Å². The molecule has 8 heteroatoms. The Morgan fingerprint density at radius 1 is 1.19 bits per heavy atom. The molecule has 0 radical (unpaired) electrons. The Hall–Kier alpha value is -3.16. The van der Waals surface area contributed by atoms with Gasteiger partial charge in [-0.05, 0) is 48.9 Å². The Kier molecular flexibility index (Phi) is 7.35. The molecular weight excluding hydrogens is 346 g/mol. The van der Waals surface area contributed by atoms with Gasteiger partial charge in [-0.2, -0.15) is 8.78 Å². The fourth-order valence-corrected chi connectivity index (χ4v) is 1.97. The molecule has 2 rings (SSSR count). The van der Waals surface area contributed by atoms with Crippen LogP contribution in [0.25, 0.3) is 0 Å². The lowest BCUT2D eigenvalue weighted by molar-refractivity contribution is -0.120. The van der Waals surface area contributed by atoms with E-state index in [1.165, 1.54) is 30.5 Å². The summed E-state index contributed by atoms with van der Waals surface area (Å²) in [6.07, 6.45) is 1.35. The molecule has 0 saturated heterocycles. The molecule has 0 spiro atoms. The van der Waals surface area contributed by atoms with E-state index in [0.717, 1.165) is 0 Å². The van der Waals surface area contributed by atoms with Crippen molar-refractivity contribution in [3.8, 4) is 11.5 Å². The average molecular weight is 364 g/mol. The van der Waals surface area contributed by atoms with Gasteiger partial charge in [0.2, 0.25) is 0 Å². The third-order valence-electron chi connectivity index (χ3n) is 3.04. The van der Waals surface area contributed by atoms with Crippen molar-refractivity contribution in [2.75, 3.05) is 18.5 Å².